The molecule has 1 fully saturated rings. The molecule has 3 N–H and O–H groups in total. The highest BCUT2D eigenvalue weighted by Crippen LogP contribution is 2.35. The molecule has 1 aliphatic carbocycles. The largest absolute Gasteiger partial charge is 0.392 e. The maximum Gasteiger partial charge on any atom is 0.191 e. The molecule has 1 aromatic heterocycles. The van der Waals surface area contributed by atoms with E-state index < -0.39 is 0 Å². The third-order valence-corrected chi connectivity index (χ3v) is 5.10. The zero-order valence-corrected chi connectivity index (χ0v) is 18.6. The molecule has 2 atom stereocenters. The molecule has 0 spiro atoms. The lowest BCUT2D eigenvalue weighted by Gasteiger charge is -2.38. The van der Waals surface area contributed by atoms with E-state index in [4.69, 9.17) is 4.74 Å². The molecule has 1 saturated carbocycles. The Hall–Kier alpha value is -0.940. The van der Waals surface area contributed by atoms with Crippen LogP contribution in [-0.4, -0.2) is 58.7 Å². The van der Waals surface area contributed by atoms with Gasteiger partial charge in [-0.25, -0.2) is 4.99 Å². The standard InChI is InChI=1S/C17H32N6O2.HI/c1-13-21-22-15(23(13)3)11-19-16(18-9-10-25-4)20-12-17(2)8-6-5-7-14(17)24;/h14,24H,5-12H2,1-4H3,(H2,18,19,20);1H. The van der Waals surface area contributed by atoms with Gasteiger partial charge < -0.3 is 25.0 Å². The van der Waals surface area contributed by atoms with Crippen LogP contribution in [0.1, 0.15) is 44.3 Å². The first kappa shape index (κ1) is 23.1. The van der Waals surface area contributed by atoms with Crippen molar-refractivity contribution in [2.24, 2.45) is 17.5 Å². The van der Waals surface area contributed by atoms with Crippen molar-refractivity contribution in [1.82, 2.24) is 25.4 Å². The summed E-state index contributed by atoms with van der Waals surface area (Å²) in [6.07, 6.45) is 3.90. The van der Waals surface area contributed by atoms with E-state index in [0.717, 1.165) is 37.3 Å². The number of aliphatic imine (C=N–C) groups is 1. The number of nitrogens with one attached hydrogen (secondary N) is 2. The van der Waals surface area contributed by atoms with Gasteiger partial charge in [-0.3, -0.25) is 0 Å². The van der Waals surface area contributed by atoms with Gasteiger partial charge in [0.25, 0.3) is 0 Å². The third-order valence-electron chi connectivity index (χ3n) is 5.10. The molecule has 0 radical (unpaired) electrons. The number of hydrogen-bond acceptors (Lipinski definition) is 5. The van der Waals surface area contributed by atoms with E-state index >= 15 is 0 Å². The molecule has 8 nitrogen and oxygen atoms in total. The highest BCUT2D eigenvalue weighted by Gasteiger charge is 2.35. The number of ether oxygens (including phenoxy) is 1. The molecule has 0 aliphatic heterocycles. The monoisotopic (exact) mass is 480 g/mol. The van der Waals surface area contributed by atoms with Gasteiger partial charge in [0, 0.05) is 32.7 Å². The quantitative estimate of drug-likeness (QED) is 0.236. The van der Waals surface area contributed by atoms with Gasteiger partial charge in [0.05, 0.1) is 12.7 Å². The Labute approximate surface area is 173 Å². The first-order chi connectivity index (χ1) is 12.0. The Balaban J connectivity index is 0.00000338. The SMILES string of the molecule is COCCNC(=NCc1nnc(C)n1C)NCC1(C)CCCCC1O.I. The molecule has 1 heterocycles. The van der Waals surface area contributed by atoms with E-state index in [9.17, 15) is 5.11 Å². The zero-order valence-electron chi connectivity index (χ0n) is 16.3. The van der Waals surface area contributed by atoms with Crippen molar-refractivity contribution in [2.75, 3.05) is 26.8 Å². The Bertz CT molecular complexity index is 580. The maximum absolute atomic E-state index is 10.4. The molecular weight excluding hydrogens is 447 g/mol. The second-order valence-electron chi connectivity index (χ2n) is 7.08. The van der Waals surface area contributed by atoms with Gasteiger partial charge in [-0.2, -0.15) is 0 Å². The number of aryl methyl sites for hydroxylation is 1. The smallest absolute Gasteiger partial charge is 0.191 e. The fourth-order valence-corrected chi connectivity index (χ4v) is 3.06. The van der Waals surface area contributed by atoms with Gasteiger partial charge in [0.1, 0.15) is 12.4 Å². The van der Waals surface area contributed by atoms with Crippen LogP contribution in [0.4, 0.5) is 0 Å². The number of guanidine groups is 1. The zero-order chi connectivity index (χ0) is 18.3. The summed E-state index contributed by atoms with van der Waals surface area (Å²) in [5.41, 5.74) is -0.122. The molecule has 150 valence electrons. The first-order valence-corrected chi connectivity index (χ1v) is 9.00. The average Bonchev–Trinajstić information content (AvgIpc) is 2.92. The molecule has 9 heteroatoms. The van der Waals surface area contributed by atoms with Gasteiger partial charge in [-0.1, -0.05) is 19.8 Å². The van der Waals surface area contributed by atoms with E-state index in [0.29, 0.717) is 32.2 Å². The molecule has 1 aliphatic rings. The highest BCUT2D eigenvalue weighted by molar-refractivity contribution is 14.0. The van der Waals surface area contributed by atoms with Crippen LogP contribution in [0.3, 0.4) is 0 Å². The van der Waals surface area contributed by atoms with Crippen molar-refractivity contribution in [1.29, 1.82) is 0 Å². The minimum Gasteiger partial charge on any atom is -0.392 e. The predicted octanol–water partition coefficient (Wildman–Crippen LogP) is 1.36. The van der Waals surface area contributed by atoms with Gasteiger partial charge in [0.15, 0.2) is 11.8 Å². The maximum atomic E-state index is 10.4. The number of hydrogen-bond donors (Lipinski definition) is 3. The summed E-state index contributed by atoms with van der Waals surface area (Å²) in [5, 5.41) is 25.2. The average molecular weight is 480 g/mol. The molecule has 2 unspecified atom stereocenters. The normalized spacial score (nSPS) is 23.4. The van der Waals surface area contributed by atoms with Crippen molar-refractivity contribution in [3.63, 3.8) is 0 Å². The fraction of sp³-hybridized carbons (Fsp3) is 0.824. The molecule has 26 heavy (non-hydrogen) atoms. The number of halogens is 1. The van der Waals surface area contributed by atoms with Crippen molar-refractivity contribution < 1.29 is 9.84 Å². The van der Waals surface area contributed by atoms with Crippen LogP contribution in [0.2, 0.25) is 0 Å². The minimum absolute atomic E-state index is 0. The number of methoxy groups -OCH3 is 1. The van der Waals surface area contributed by atoms with Crippen LogP contribution >= 0.6 is 24.0 Å². The second-order valence-corrected chi connectivity index (χ2v) is 7.08. The lowest BCUT2D eigenvalue weighted by molar-refractivity contribution is 0.00396. The van der Waals surface area contributed by atoms with Crippen LogP contribution in [0, 0.1) is 12.3 Å². The number of aliphatic hydroxyl groups excluding tert-OH is 1. The summed E-state index contributed by atoms with van der Waals surface area (Å²) in [4.78, 5) is 4.61. The first-order valence-electron chi connectivity index (χ1n) is 9.00. The lowest BCUT2D eigenvalue weighted by atomic mass is 9.73. The number of nitrogens with zero attached hydrogens (tertiary/aromatic N) is 4. The van der Waals surface area contributed by atoms with Crippen molar-refractivity contribution in [3.05, 3.63) is 11.6 Å². The van der Waals surface area contributed by atoms with Crippen LogP contribution in [0.25, 0.3) is 0 Å². The third kappa shape index (κ3) is 6.34. The number of aromatic nitrogens is 3. The minimum atomic E-state index is -0.268. The van der Waals surface area contributed by atoms with E-state index in [1.54, 1.807) is 7.11 Å². The van der Waals surface area contributed by atoms with Crippen molar-refractivity contribution in [2.45, 2.75) is 52.2 Å². The topological polar surface area (TPSA) is 96.6 Å². The van der Waals surface area contributed by atoms with E-state index in [1.165, 1.54) is 0 Å². The second kappa shape index (κ2) is 11.0. The summed E-state index contributed by atoms with van der Waals surface area (Å²) < 4.78 is 7.03. The number of rotatable bonds is 7. The molecular formula is C17H33IN6O2. The number of aliphatic hydroxyl groups is 1. The Morgan fingerprint density at radius 2 is 2.15 bits per heavy atom. The molecule has 0 amide bonds. The van der Waals surface area contributed by atoms with Gasteiger partial charge in [0.2, 0.25) is 0 Å². The predicted molar refractivity (Wildman–Crippen MR) is 113 cm³/mol. The summed E-state index contributed by atoms with van der Waals surface area (Å²) in [6, 6.07) is 0. The van der Waals surface area contributed by atoms with Crippen molar-refractivity contribution >= 4 is 29.9 Å². The summed E-state index contributed by atoms with van der Waals surface area (Å²) in [5.74, 6) is 2.39. The van der Waals surface area contributed by atoms with Crippen LogP contribution < -0.4 is 10.6 Å². The van der Waals surface area contributed by atoms with Gasteiger partial charge >= 0.3 is 0 Å². The van der Waals surface area contributed by atoms with E-state index in [2.05, 4.69) is 32.7 Å². The Morgan fingerprint density at radius 3 is 2.77 bits per heavy atom. The van der Waals surface area contributed by atoms with Crippen molar-refractivity contribution in [3.8, 4) is 0 Å². The summed E-state index contributed by atoms with van der Waals surface area (Å²) >= 11 is 0. The Kier molecular flexibility index (Phi) is 9.80. The summed E-state index contributed by atoms with van der Waals surface area (Å²) in [6.45, 7) is 6.46. The van der Waals surface area contributed by atoms with E-state index in [1.807, 2.05) is 18.5 Å². The van der Waals surface area contributed by atoms with E-state index in [-0.39, 0.29) is 35.5 Å². The van der Waals surface area contributed by atoms with Crippen LogP contribution in [-0.2, 0) is 18.3 Å². The lowest BCUT2D eigenvalue weighted by Crippen LogP contribution is -2.48. The molecule has 2 rings (SSSR count). The van der Waals surface area contributed by atoms with Crippen LogP contribution in [0.15, 0.2) is 4.99 Å². The fourth-order valence-electron chi connectivity index (χ4n) is 3.06. The summed E-state index contributed by atoms with van der Waals surface area (Å²) in [7, 11) is 3.61. The Morgan fingerprint density at radius 1 is 1.38 bits per heavy atom. The highest BCUT2D eigenvalue weighted by atomic mass is 127. The van der Waals surface area contributed by atoms with Crippen LogP contribution in [0.5, 0.6) is 0 Å². The molecule has 1 aromatic rings. The van der Waals surface area contributed by atoms with Gasteiger partial charge in [-0.05, 0) is 19.8 Å². The molecule has 0 bridgehead atoms. The molecule has 0 aromatic carbocycles. The molecule has 0 saturated heterocycles. The van der Waals surface area contributed by atoms with Gasteiger partial charge in [-0.15, -0.1) is 34.2 Å².